The lowest BCUT2D eigenvalue weighted by Gasteiger charge is -2.15. The van der Waals surface area contributed by atoms with Gasteiger partial charge in [-0.3, -0.25) is 0 Å². The third-order valence-electron chi connectivity index (χ3n) is 4.11. The van der Waals surface area contributed by atoms with Crippen molar-refractivity contribution >= 4 is 40.0 Å². The number of aliphatic imine (C=N–C) groups is 1. The number of hydrogen-bond acceptors (Lipinski definition) is 3. The summed E-state index contributed by atoms with van der Waals surface area (Å²) in [5.74, 6) is 1.04. The van der Waals surface area contributed by atoms with Crippen LogP contribution in [0.2, 0.25) is 0 Å². The fraction of sp³-hybridized carbons (Fsp3) is 0.650. The molecule has 4 N–H and O–H groups in total. The Balaban J connectivity index is 0.00000729. The van der Waals surface area contributed by atoms with E-state index in [2.05, 4.69) is 35.8 Å². The van der Waals surface area contributed by atoms with Gasteiger partial charge in [0, 0.05) is 12.1 Å². The summed E-state index contributed by atoms with van der Waals surface area (Å²) in [6, 6.07) is 7.57. The van der Waals surface area contributed by atoms with Gasteiger partial charge < -0.3 is 11.1 Å². The molecule has 0 bridgehead atoms. The molecular weight excluding hydrogens is 487 g/mol. The Morgan fingerprint density at radius 1 is 1.07 bits per heavy atom. The van der Waals surface area contributed by atoms with Crippen LogP contribution in [0.3, 0.4) is 0 Å². The SMILES string of the molecule is CC(C)CCCC(C)NC(N)=NCc1ccccc1CS(=O)(=O)NC(C)C.I. The van der Waals surface area contributed by atoms with E-state index in [0.717, 1.165) is 24.0 Å². The van der Waals surface area contributed by atoms with Gasteiger partial charge in [-0.05, 0) is 44.2 Å². The van der Waals surface area contributed by atoms with E-state index in [9.17, 15) is 8.42 Å². The van der Waals surface area contributed by atoms with Crippen molar-refractivity contribution in [1.29, 1.82) is 0 Å². The molecule has 0 saturated carbocycles. The van der Waals surface area contributed by atoms with Gasteiger partial charge in [-0.15, -0.1) is 24.0 Å². The Kier molecular flexibility index (Phi) is 13.0. The van der Waals surface area contributed by atoms with Crippen molar-refractivity contribution in [2.45, 2.75) is 78.3 Å². The van der Waals surface area contributed by atoms with Gasteiger partial charge >= 0.3 is 0 Å². The van der Waals surface area contributed by atoms with Crippen molar-refractivity contribution in [1.82, 2.24) is 10.0 Å². The molecule has 162 valence electrons. The van der Waals surface area contributed by atoms with Crippen LogP contribution in [0.15, 0.2) is 29.3 Å². The average Bonchev–Trinajstić information content (AvgIpc) is 2.52. The summed E-state index contributed by atoms with van der Waals surface area (Å²) in [6.07, 6.45) is 3.40. The molecular formula is C20H37IN4O2S. The molecule has 0 heterocycles. The minimum atomic E-state index is -3.38. The Hall–Kier alpha value is -0.870. The Morgan fingerprint density at radius 3 is 2.25 bits per heavy atom. The van der Waals surface area contributed by atoms with Crippen LogP contribution in [-0.2, 0) is 22.3 Å². The number of nitrogens with zero attached hydrogens (tertiary/aromatic N) is 1. The predicted octanol–water partition coefficient (Wildman–Crippen LogP) is 3.75. The van der Waals surface area contributed by atoms with Gasteiger partial charge in [0.05, 0.1) is 12.3 Å². The lowest BCUT2D eigenvalue weighted by molar-refractivity contribution is 0.493. The van der Waals surface area contributed by atoms with Crippen LogP contribution >= 0.6 is 24.0 Å². The molecule has 0 fully saturated rings. The number of nitrogens with one attached hydrogen (secondary N) is 2. The number of halogens is 1. The largest absolute Gasteiger partial charge is 0.370 e. The van der Waals surface area contributed by atoms with Crippen molar-refractivity contribution in [3.8, 4) is 0 Å². The van der Waals surface area contributed by atoms with Gasteiger partial charge in [0.25, 0.3) is 0 Å². The number of nitrogens with two attached hydrogens (primary N) is 1. The molecule has 1 unspecified atom stereocenters. The molecule has 0 aliphatic heterocycles. The second-order valence-corrected chi connectivity index (χ2v) is 9.63. The Labute approximate surface area is 188 Å². The molecule has 0 aliphatic carbocycles. The number of guanidine groups is 1. The van der Waals surface area contributed by atoms with E-state index in [0.29, 0.717) is 18.4 Å². The first-order valence-electron chi connectivity index (χ1n) is 9.72. The van der Waals surface area contributed by atoms with E-state index in [1.165, 1.54) is 6.42 Å². The normalized spacial score (nSPS) is 13.5. The van der Waals surface area contributed by atoms with E-state index >= 15 is 0 Å². The van der Waals surface area contributed by atoms with Gasteiger partial charge in [-0.2, -0.15) is 0 Å². The van der Waals surface area contributed by atoms with Crippen molar-refractivity contribution in [3.05, 3.63) is 35.4 Å². The van der Waals surface area contributed by atoms with Gasteiger partial charge in [-0.1, -0.05) is 51.0 Å². The predicted molar refractivity (Wildman–Crippen MR) is 129 cm³/mol. The highest BCUT2D eigenvalue weighted by Crippen LogP contribution is 2.14. The summed E-state index contributed by atoms with van der Waals surface area (Å²) in [4.78, 5) is 4.40. The number of sulfonamides is 1. The number of hydrogen-bond donors (Lipinski definition) is 3. The van der Waals surface area contributed by atoms with Gasteiger partial charge in [0.1, 0.15) is 0 Å². The van der Waals surface area contributed by atoms with E-state index in [1.807, 2.05) is 38.1 Å². The summed E-state index contributed by atoms with van der Waals surface area (Å²) in [5, 5.41) is 3.21. The van der Waals surface area contributed by atoms with Crippen molar-refractivity contribution in [2.24, 2.45) is 16.6 Å². The van der Waals surface area contributed by atoms with Crippen molar-refractivity contribution in [2.75, 3.05) is 0 Å². The fourth-order valence-electron chi connectivity index (χ4n) is 2.83. The molecule has 1 aromatic carbocycles. The summed E-state index contributed by atoms with van der Waals surface area (Å²) in [5.41, 5.74) is 7.61. The van der Waals surface area contributed by atoms with Crippen LogP contribution in [0.1, 0.15) is 65.0 Å². The lowest BCUT2D eigenvalue weighted by atomic mass is 10.0. The molecule has 28 heavy (non-hydrogen) atoms. The van der Waals surface area contributed by atoms with Crippen LogP contribution in [0.4, 0.5) is 0 Å². The second-order valence-electron chi connectivity index (χ2n) is 7.87. The maximum atomic E-state index is 12.2. The molecule has 0 aliphatic rings. The molecule has 0 saturated heterocycles. The lowest BCUT2D eigenvalue weighted by Crippen LogP contribution is -2.38. The van der Waals surface area contributed by atoms with Gasteiger partial charge in [0.15, 0.2) is 5.96 Å². The first kappa shape index (κ1) is 27.1. The Morgan fingerprint density at radius 2 is 1.68 bits per heavy atom. The third kappa shape index (κ3) is 11.9. The molecule has 0 spiro atoms. The maximum Gasteiger partial charge on any atom is 0.216 e. The zero-order valence-corrected chi connectivity index (χ0v) is 20.9. The first-order chi connectivity index (χ1) is 12.6. The quantitative estimate of drug-likeness (QED) is 0.233. The summed E-state index contributed by atoms with van der Waals surface area (Å²) in [7, 11) is -3.38. The monoisotopic (exact) mass is 524 g/mol. The van der Waals surface area contributed by atoms with Crippen LogP contribution in [-0.4, -0.2) is 26.5 Å². The fourth-order valence-corrected chi connectivity index (χ4v) is 4.32. The van der Waals surface area contributed by atoms with E-state index in [-0.39, 0.29) is 41.8 Å². The highest BCUT2D eigenvalue weighted by Gasteiger charge is 2.15. The zero-order valence-electron chi connectivity index (χ0n) is 17.7. The van der Waals surface area contributed by atoms with Gasteiger partial charge in [-0.25, -0.2) is 18.1 Å². The molecule has 0 aromatic heterocycles. The smallest absolute Gasteiger partial charge is 0.216 e. The molecule has 1 rings (SSSR count). The number of benzene rings is 1. The van der Waals surface area contributed by atoms with E-state index in [4.69, 9.17) is 5.73 Å². The summed E-state index contributed by atoms with van der Waals surface area (Å²) in [6.45, 7) is 10.5. The second kappa shape index (κ2) is 13.4. The highest BCUT2D eigenvalue weighted by atomic mass is 127. The molecule has 1 aromatic rings. The zero-order chi connectivity index (χ0) is 20.4. The van der Waals surface area contributed by atoms with E-state index in [1.54, 1.807) is 0 Å². The van der Waals surface area contributed by atoms with Crippen molar-refractivity contribution < 1.29 is 8.42 Å². The van der Waals surface area contributed by atoms with Crippen molar-refractivity contribution in [3.63, 3.8) is 0 Å². The minimum Gasteiger partial charge on any atom is -0.370 e. The average molecular weight is 525 g/mol. The molecule has 6 nitrogen and oxygen atoms in total. The summed E-state index contributed by atoms with van der Waals surface area (Å²) < 4.78 is 27.0. The molecule has 1 atom stereocenters. The van der Waals surface area contributed by atoms with Crippen LogP contribution < -0.4 is 15.8 Å². The van der Waals surface area contributed by atoms with E-state index < -0.39 is 10.0 Å². The number of rotatable bonds is 11. The topological polar surface area (TPSA) is 96.6 Å². The minimum absolute atomic E-state index is 0. The Bertz CT molecular complexity index is 706. The maximum absolute atomic E-state index is 12.2. The highest BCUT2D eigenvalue weighted by molar-refractivity contribution is 14.0. The molecule has 0 amide bonds. The van der Waals surface area contributed by atoms with Crippen LogP contribution in [0.25, 0.3) is 0 Å². The van der Waals surface area contributed by atoms with Gasteiger partial charge in [0.2, 0.25) is 10.0 Å². The first-order valence-corrected chi connectivity index (χ1v) is 11.4. The third-order valence-corrected chi connectivity index (χ3v) is 5.63. The van der Waals surface area contributed by atoms with Crippen LogP contribution in [0, 0.1) is 5.92 Å². The molecule has 8 heteroatoms. The standard InChI is InChI=1S/C20H36N4O2S.HI/c1-15(2)9-8-10-17(5)23-20(21)22-13-18-11-6-7-12-19(18)14-27(25,26)24-16(3)4;/h6-7,11-12,15-17,24H,8-10,13-14H2,1-5H3,(H3,21,22,23);1H. The molecule has 0 radical (unpaired) electrons. The summed E-state index contributed by atoms with van der Waals surface area (Å²) >= 11 is 0. The van der Waals surface area contributed by atoms with Crippen LogP contribution in [0.5, 0.6) is 0 Å².